The number of nitrogens with one attached hydrogen (secondary N) is 1. The molecule has 2 aromatic carbocycles. The van der Waals surface area contributed by atoms with Crippen LogP contribution in [-0.2, 0) is 10.8 Å². The lowest BCUT2D eigenvalue weighted by Gasteiger charge is -2.27. The van der Waals surface area contributed by atoms with Gasteiger partial charge in [-0.25, -0.2) is 0 Å². The van der Waals surface area contributed by atoms with E-state index in [1.807, 2.05) is 0 Å². The lowest BCUT2D eigenvalue weighted by molar-refractivity contribution is 0.476. The summed E-state index contributed by atoms with van der Waals surface area (Å²) in [7, 11) is 0. The topological polar surface area (TPSA) is 21.3 Å². The zero-order valence-corrected chi connectivity index (χ0v) is 14.4. The maximum absolute atomic E-state index is 6.12. The third kappa shape index (κ3) is 2.70. The van der Waals surface area contributed by atoms with Crippen molar-refractivity contribution >= 4 is 11.4 Å². The molecule has 3 rings (SSSR count). The summed E-state index contributed by atoms with van der Waals surface area (Å²) in [6, 6.07) is 12.8. The molecule has 0 atom stereocenters. The van der Waals surface area contributed by atoms with E-state index in [1.54, 1.807) is 0 Å². The normalized spacial score (nSPS) is 13.7. The van der Waals surface area contributed by atoms with Crippen LogP contribution >= 0.6 is 0 Å². The first-order valence-corrected chi connectivity index (χ1v) is 7.88. The Labute approximate surface area is 133 Å². The summed E-state index contributed by atoms with van der Waals surface area (Å²) >= 11 is 0. The minimum atomic E-state index is 0.120. The molecule has 0 radical (unpaired) electrons. The Balaban J connectivity index is 1.99. The lowest BCUT2D eigenvalue weighted by Crippen LogP contribution is -2.14. The fourth-order valence-corrected chi connectivity index (χ4v) is 2.62. The van der Waals surface area contributed by atoms with Crippen molar-refractivity contribution in [2.45, 2.75) is 52.4 Å². The van der Waals surface area contributed by atoms with Gasteiger partial charge in [0.25, 0.3) is 0 Å². The first-order valence-electron chi connectivity index (χ1n) is 7.88. The summed E-state index contributed by atoms with van der Waals surface area (Å²) in [6.07, 6.45) is 0. The summed E-state index contributed by atoms with van der Waals surface area (Å²) in [5.41, 5.74) is 4.91. The van der Waals surface area contributed by atoms with E-state index in [-0.39, 0.29) is 10.8 Å². The quantitative estimate of drug-likeness (QED) is 0.538. The Hall–Kier alpha value is -1.96. The van der Waals surface area contributed by atoms with E-state index < -0.39 is 0 Å². The van der Waals surface area contributed by atoms with Crippen LogP contribution in [0.25, 0.3) is 0 Å². The van der Waals surface area contributed by atoms with E-state index in [9.17, 15) is 0 Å². The van der Waals surface area contributed by atoms with Crippen LogP contribution in [0.3, 0.4) is 0 Å². The zero-order valence-electron chi connectivity index (χ0n) is 14.4. The zero-order chi connectivity index (χ0) is 16.1. The van der Waals surface area contributed by atoms with Gasteiger partial charge in [-0.15, -0.1) is 0 Å². The van der Waals surface area contributed by atoms with Crippen LogP contribution in [0, 0.1) is 0 Å². The van der Waals surface area contributed by atoms with Gasteiger partial charge in [-0.2, -0.15) is 0 Å². The van der Waals surface area contributed by atoms with Gasteiger partial charge in [-0.3, -0.25) is 0 Å². The molecule has 2 nitrogen and oxygen atoms in total. The predicted octanol–water partition coefficient (Wildman–Crippen LogP) is 6.13. The summed E-state index contributed by atoms with van der Waals surface area (Å²) in [4.78, 5) is 0. The Morgan fingerprint density at radius 2 is 1.27 bits per heavy atom. The predicted molar refractivity (Wildman–Crippen MR) is 93.6 cm³/mol. The van der Waals surface area contributed by atoms with Crippen molar-refractivity contribution in [1.82, 2.24) is 0 Å². The summed E-state index contributed by atoms with van der Waals surface area (Å²) < 4.78 is 6.12. The highest BCUT2D eigenvalue weighted by Crippen LogP contribution is 2.44. The second kappa shape index (κ2) is 4.77. The maximum Gasteiger partial charge on any atom is 0.151 e. The molecule has 1 aliphatic rings. The molecule has 0 fully saturated rings. The number of ether oxygens (including phenoxy) is 1. The van der Waals surface area contributed by atoms with Crippen molar-refractivity contribution < 1.29 is 4.74 Å². The minimum Gasteiger partial charge on any atom is -0.453 e. The molecule has 0 aromatic heterocycles. The number of fused-ring (bicyclic) bond motifs is 2. The third-order valence-electron chi connectivity index (χ3n) is 4.18. The number of hydrogen-bond donors (Lipinski definition) is 1. The van der Waals surface area contributed by atoms with Crippen LogP contribution in [0.2, 0.25) is 0 Å². The van der Waals surface area contributed by atoms with Gasteiger partial charge in [-0.05, 0) is 46.2 Å². The molecule has 2 aromatic rings. The Morgan fingerprint density at radius 3 is 1.91 bits per heavy atom. The molecule has 0 amide bonds. The van der Waals surface area contributed by atoms with Gasteiger partial charge in [0.1, 0.15) is 0 Å². The highest BCUT2D eigenvalue weighted by atomic mass is 16.5. The Morgan fingerprint density at radius 1 is 0.682 bits per heavy atom. The molecule has 0 aliphatic carbocycles. The highest BCUT2D eigenvalue weighted by molar-refractivity contribution is 5.76. The maximum atomic E-state index is 6.12. The molecule has 1 aliphatic heterocycles. The van der Waals surface area contributed by atoms with Gasteiger partial charge < -0.3 is 10.1 Å². The van der Waals surface area contributed by atoms with Crippen molar-refractivity contribution in [3.63, 3.8) is 0 Å². The van der Waals surface area contributed by atoms with E-state index in [1.165, 1.54) is 11.1 Å². The van der Waals surface area contributed by atoms with Crippen LogP contribution < -0.4 is 10.1 Å². The molecule has 0 saturated carbocycles. The van der Waals surface area contributed by atoms with E-state index in [4.69, 9.17) is 4.74 Å². The fraction of sp³-hybridized carbons (Fsp3) is 0.400. The van der Waals surface area contributed by atoms with Crippen molar-refractivity contribution in [1.29, 1.82) is 0 Å². The number of anilines is 2. The van der Waals surface area contributed by atoms with E-state index in [2.05, 4.69) is 83.3 Å². The molecular weight excluding hydrogens is 270 g/mol. The number of rotatable bonds is 0. The average molecular weight is 295 g/mol. The van der Waals surface area contributed by atoms with Gasteiger partial charge in [-0.1, -0.05) is 53.7 Å². The second-order valence-electron chi connectivity index (χ2n) is 8.15. The first-order chi connectivity index (χ1) is 10.1. The van der Waals surface area contributed by atoms with Gasteiger partial charge in [0.15, 0.2) is 11.5 Å². The standard InChI is InChI=1S/C20H25NO/c1-19(2,3)13-8-10-17-16(11-13)21-15-9-7-14(20(4,5)6)12-18(15)22-17/h7-12,21H,1-6H3. The molecule has 1 heterocycles. The smallest absolute Gasteiger partial charge is 0.151 e. The molecule has 116 valence electrons. The summed E-state index contributed by atoms with van der Waals surface area (Å²) in [6.45, 7) is 13.3. The average Bonchev–Trinajstić information content (AvgIpc) is 2.41. The van der Waals surface area contributed by atoms with Crippen molar-refractivity contribution in [3.8, 4) is 11.5 Å². The SMILES string of the molecule is CC(C)(C)c1ccc2c(c1)Nc1ccc(C(C)(C)C)cc1O2. The van der Waals surface area contributed by atoms with Crippen LogP contribution in [0.5, 0.6) is 11.5 Å². The van der Waals surface area contributed by atoms with E-state index >= 15 is 0 Å². The minimum absolute atomic E-state index is 0.120. The molecule has 0 spiro atoms. The molecular formula is C20H25NO. The largest absolute Gasteiger partial charge is 0.453 e. The lowest BCUT2D eigenvalue weighted by atomic mass is 9.86. The van der Waals surface area contributed by atoms with Gasteiger partial charge in [0.05, 0.1) is 11.4 Å². The van der Waals surface area contributed by atoms with Crippen LogP contribution in [-0.4, -0.2) is 0 Å². The first kappa shape index (κ1) is 15.0. The number of benzene rings is 2. The van der Waals surface area contributed by atoms with Crippen molar-refractivity contribution in [2.75, 3.05) is 5.32 Å². The van der Waals surface area contributed by atoms with Crippen LogP contribution in [0.4, 0.5) is 11.4 Å². The Bertz CT molecular complexity index is 654. The fourth-order valence-electron chi connectivity index (χ4n) is 2.62. The molecule has 22 heavy (non-hydrogen) atoms. The molecule has 0 saturated heterocycles. The van der Waals surface area contributed by atoms with Gasteiger partial charge >= 0.3 is 0 Å². The van der Waals surface area contributed by atoms with Crippen LogP contribution in [0.1, 0.15) is 52.7 Å². The summed E-state index contributed by atoms with van der Waals surface area (Å²) in [5, 5.41) is 3.51. The molecule has 0 bridgehead atoms. The van der Waals surface area contributed by atoms with Gasteiger partial charge in [0.2, 0.25) is 0 Å². The molecule has 2 heteroatoms. The van der Waals surface area contributed by atoms with E-state index in [0.29, 0.717) is 0 Å². The van der Waals surface area contributed by atoms with Crippen LogP contribution in [0.15, 0.2) is 36.4 Å². The second-order valence-corrected chi connectivity index (χ2v) is 8.15. The Kier molecular flexibility index (Phi) is 3.24. The molecule has 0 unspecified atom stereocenters. The summed E-state index contributed by atoms with van der Waals surface area (Å²) in [5.74, 6) is 1.80. The van der Waals surface area contributed by atoms with Crippen molar-refractivity contribution in [2.24, 2.45) is 0 Å². The third-order valence-corrected chi connectivity index (χ3v) is 4.18. The highest BCUT2D eigenvalue weighted by Gasteiger charge is 2.22. The van der Waals surface area contributed by atoms with Crippen molar-refractivity contribution in [3.05, 3.63) is 47.5 Å². The number of hydrogen-bond acceptors (Lipinski definition) is 2. The molecule has 1 N–H and O–H groups in total. The monoisotopic (exact) mass is 295 g/mol. The van der Waals surface area contributed by atoms with E-state index in [0.717, 1.165) is 22.9 Å². The van der Waals surface area contributed by atoms with Gasteiger partial charge in [0, 0.05) is 0 Å².